The van der Waals surface area contributed by atoms with E-state index in [2.05, 4.69) is 104 Å². The first-order valence-corrected chi connectivity index (χ1v) is 22.0. The Morgan fingerprint density at radius 2 is 1.33 bits per heavy atom. The van der Waals surface area contributed by atoms with Crippen molar-refractivity contribution < 1.29 is 16.6 Å². The number of hydrogen-bond acceptors (Lipinski definition) is 0. The number of benzene rings is 2. The van der Waals surface area contributed by atoms with E-state index in [9.17, 15) is 0 Å². The summed E-state index contributed by atoms with van der Waals surface area (Å²) in [4.78, 5) is 0. The molecule has 0 aromatic heterocycles. The van der Waals surface area contributed by atoms with Crippen LogP contribution >= 0.6 is 0 Å². The van der Waals surface area contributed by atoms with Crippen molar-refractivity contribution in [1.29, 1.82) is 0 Å². The molecule has 0 radical (unpaired) electrons. The van der Waals surface area contributed by atoms with Gasteiger partial charge >= 0.3 is 264 Å². The van der Waals surface area contributed by atoms with Gasteiger partial charge in [-0.25, -0.2) is 0 Å². The first-order chi connectivity index (χ1) is 20.1. The van der Waals surface area contributed by atoms with Crippen LogP contribution in [0.15, 0.2) is 59.7 Å². The van der Waals surface area contributed by atoms with Crippen LogP contribution in [0.3, 0.4) is 0 Å². The van der Waals surface area contributed by atoms with Crippen molar-refractivity contribution in [2.75, 3.05) is 0 Å². The molecule has 0 saturated carbocycles. The van der Waals surface area contributed by atoms with Crippen LogP contribution in [0.1, 0.15) is 135 Å². The quantitative estimate of drug-likeness (QED) is 0.189. The average Bonchev–Trinajstić information content (AvgIpc) is 3.30. The molecule has 0 nitrogen and oxygen atoms in total. The zero-order chi connectivity index (χ0) is 30.1. The van der Waals surface area contributed by atoms with Crippen molar-refractivity contribution in [2.45, 2.75) is 144 Å². The summed E-state index contributed by atoms with van der Waals surface area (Å²) in [6, 6.07) is 15.3. The second-order valence-corrected chi connectivity index (χ2v) is 23.3. The van der Waals surface area contributed by atoms with Crippen LogP contribution in [-0.4, -0.2) is 0 Å². The summed E-state index contributed by atoms with van der Waals surface area (Å²) in [5.41, 5.74) is 13.3. The summed E-state index contributed by atoms with van der Waals surface area (Å²) in [7, 11) is 0. The van der Waals surface area contributed by atoms with E-state index in [4.69, 9.17) is 0 Å². The molecule has 2 aliphatic carbocycles. The Bertz CT molecular complexity index is 1260. The van der Waals surface area contributed by atoms with Gasteiger partial charge in [0.1, 0.15) is 0 Å². The van der Waals surface area contributed by atoms with Crippen molar-refractivity contribution in [3.63, 3.8) is 0 Å². The molecule has 0 bridgehead atoms. The number of aryl methyl sites for hydroxylation is 2. The second kappa shape index (κ2) is 12.9. The molecule has 42 heavy (non-hydrogen) atoms. The molecule has 228 valence electrons. The third kappa shape index (κ3) is 6.11. The Morgan fingerprint density at radius 1 is 0.786 bits per heavy atom. The molecular weight excluding hydrogens is 540 g/mol. The monoisotopic (exact) mass is 600 g/mol. The Kier molecular flexibility index (Phi) is 9.87. The molecule has 0 amide bonds. The zero-order valence-corrected chi connectivity index (χ0v) is 30.0. The van der Waals surface area contributed by atoms with Gasteiger partial charge in [-0.2, -0.15) is 0 Å². The second-order valence-electron chi connectivity index (χ2n) is 15.5. The van der Waals surface area contributed by atoms with Crippen LogP contribution in [0, 0.1) is 10.8 Å². The summed E-state index contributed by atoms with van der Waals surface area (Å²) < 4.78 is 5.76. The van der Waals surface area contributed by atoms with Gasteiger partial charge in [-0.1, -0.05) is 0 Å². The van der Waals surface area contributed by atoms with Gasteiger partial charge in [0.05, 0.1) is 0 Å². The summed E-state index contributed by atoms with van der Waals surface area (Å²) in [6.07, 6.45) is 18.1. The fraction of sp³-hybridized carbons (Fsp3) is 0.610. The van der Waals surface area contributed by atoms with Gasteiger partial charge < -0.3 is 0 Å². The average molecular weight is 601 g/mol. The minimum atomic E-state index is -1.95. The number of fused-ring (bicyclic) bond motifs is 3. The summed E-state index contributed by atoms with van der Waals surface area (Å²) in [6.45, 7) is 19.5. The molecule has 1 heterocycles. The Balaban J connectivity index is 1.71. The van der Waals surface area contributed by atoms with Crippen molar-refractivity contribution in [1.82, 2.24) is 0 Å². The maximum absolute atomic E-state index is 2.71. The van der Waals surface area contributed by atoms with E-state index >= 15 is 0 Å². The van der Waals surface area contributed by atoms with Crippen molar-refractivity contribution in [3.05, 3.63) is 82.0 Å². The van der Waals surface area contributed by atoms with Gasteiger partial charge in [-0.3, -0.25) is 0 Å². The Morgan fingerprint density at radius 3 is 1.76 bits per heavy atom. The molecule has 5 rings (SSSR count). The predicted octanol–water partition coefficient (Wildman–Crippen LogP) is 13.2. The third-order valence-electron chi connectivity index (χ3n) is 11.6. The van der Waals surface area contributed by atoms with Gasteiger partial charge in [0.15, 0.2) is 0 Å². The minimum absolute atomic E-state index is 0.210. The molecule has 2 aromatic rings. The molecule has 2 aromatic carbocycles. The molecule has 1 aliphatic heterocycles. The molecule has 1 heteroatoms. The van der Waals surface area contributed by atoms with Crippen LogP contribution in [0.5, 0.6) is 0 Å². The zero-order valence-electron chi connectivity index (χ0n) is 28.5. The van der Waals surface area contributed by atoms with Crippen LogP contribution in [-0.2, 0) is 29.4 Å². The van der Waals surface area contributed by atoms with Crippen molar-refractivity contribution >= 4 is 0 Å². The molecule has 0 spiro atoms. The van der Waals surface area contributed by atoms with E-state index in [1.165, 1.54) is 73.6 Å². The number of unbranched alkanes of at least 4 members (excludes halogenated alkanes) is 3. The molecule has 3 unspecified atom stereocenters. The molecule has 0 N–H and O–H groups in total. The number of rotatable bonds is 14. The van der Waals surface area contributed by atoms with Crippen LogP contribution in [0.4, 0.5) is 0 Å². The Hall–Kier alpha value is -1.37. The molecule has 1 fully saturated rings. The normalized spacial score (nSPS) is 22.9. The first-order valence-electron chi connectivity index (χ1n) is 17.8. The molecule has 1 saturated heterocycles. The SMILES string of the molecule is CCCCc1ccc2c(c1)C(C(CC)([CH2][Ti]1([CH2]CCC)[CH2][CH]1C)C1=CC(C(C)(C)C)=CC1)c1cc(CCCC)ccc1-2. The van der Waals surface area contributed by atoms with Crippen molar-refractivity contribution in [2.24, 2.45) is 10.8 Å². The summed E-state index contributed by atoms with van der Waals surface area (Å²) in [5, 5.41) is 0. The van der Waals surface area contributed by atoms with E-state index in [1.54, 1.807) is 42.9 Å². The van der Waals surface area contributed by atoms with Gasteiger partial charge in [0.25, 0.3) is 0 Å². The number of allylic oxidation sites excluding steroid dienone is 4. The topological polar surface area (TPSA) is 0 Å². The van der Waals surface area contributed by atoms with E-state index in [0.29, 0.717) is 5.92 Å². The van der Waals surface area contributed by atoms with Gasteiger partial charge in [-0.05, 0) is 0 Å². The number of hydrogen-bond donors (Lipinski definition) is 0. The van der Waals surface area contributed by atoms with E-state index in [1.807, 2.05) is 0 Å². The fourth-order valence-corrected chi connectivity index (χ4v) is 19.2. The van der Waals surface area contributed by atoms with Gasteiger partial charge in [0.2, 0.25) is 0 Å². The standard InChI is InChI=1S/C34H45.C4H9.C3H6.Ti/c1-8-11-13-24-15-19-28-29-20-16-25(14-12-9-2)22-31(29)32(30(28)21-24)34(7,10-3)27-18-17-26(23-27)33(4,5)6;1-3-4-2;1-3-2;/h15-17,19-23,32H,7-14,18H2,1-6H3;1,3-4H2,2H3;3H,1H2,2H3;. The fourth-order valence-electron chi connectivity index (χ4n) is 8.77. The van der Waals surface area contributed by atoms with E-state index < -0.39 is 16.6 Å². The summed E-state index contributed by atoms with van der Waals surface area (Å²) in [5.74, 6) is 0.492. The van der Waals surface area contributed by atoms with Crippen LogP contribution in [0.2, 0.25) is 18.4 Å². The molecular formula is C41H60Ti. The third-order valence-corrected chi connectivity index (χ3v) is 20.8. The first kappa shape index (κ1) is 32.0. The van der Waals surface area contributed by atoms with Gasteiger partial charge in [0, 0.05) is 0 Å². The van der Waals surface area contributed by atoms with E-state index in [-0.39, 0.29) is 10.8 Å². The van der Waals surface area contributed by atoms with Gasteiger partial charge in [-0.15, -0.1) is 0 Å². The van der Waals surface area contributed by atoms with Crippen LogP contribution < -0.4 is 0 Å². The molecule has 3 aliphatic rings. The van der Waals surface area contributed by atoms with E-state index in [0.717, 1.165) is 10.6 Å². The van der Waals surface area contributed by atoms with Crippen molar-refractivity contribution in [3.8, 4) is 11.1 Å². The Labute approximate surface area is 263 Å². The summed E-state index contributed by atoms with van der Waals surface area (Å²) >= 11 is -1.95. The maximum atomic E-state index is 2.71. The predicted molar refractivity (Wildman–Crippen MR) is 183 cm³/mol. The van der Waals surface area contributed by atoms with Crippen LogP contribution in [0.25, 0.3) is 11.1 Å². The molecule has 3 atom stereocenters.